The van der Waals surface area contributed by atoms with E-state index in [0.29, 0.717) is 40.4 Å². The number of benzene rings is 1. The van der Waals surface area contributed by atoms with Crippen LogP contribution in [0.15, 0.2) is 30.5 Å². The quantitative estimate of drug-likeness (QED) is 0.408. The fourth-order valence-corrected chi connectivity index (χ4v) is 6.97. The lowest BCUT2D eigenvalue weighted by molar-refractivity contribution is 0.0923. The van der Waals surface area contributed by atoms with E-state index in [4.69, 9.17) is 5.73 Å². The number of hydrogen-bond acceptors (Lipinski definition) is 6. The smallest absolute Gasteiger partial charge is 0.251 e. The molecule has 1 unspecified atom stereocenters. The van der Waals surface area contributed by atoms with Crippen molar-refractivity contribution in [2.45, 2.75) is 89.3 Å². The summed E-state index contributed by atoms with van der Waals surface area (Å²) in [6, 6.07) is 8.16. The second-order valence-electron chi connectivity index (χ2n) is 12.1. The van der Waals surface area contributed by atoms with Crippen molar-refractivity contribution in [1.29, 1.82) is 0 Å². The summed E-state index contributed by atoms with van der Waals surface area (Å²) in [7, 11) is 0. The number of amides is 2. The van der Waals surface area contributed by atoms with Gasteiger partial charge in [0.05, 0.1) is 5.56 Å². The first-order valence-electron chi connectivity index (χ1n) is 14.6. The maximum Gasteiger partial charge on any atom is 0.251 e. The van der Waals surface area contributed by atoms with Gasteiger partial charge >= 0.3 is 0 Å². The highest BCUT2D eigenvalue weighted by Crippen LogP contribution is 2.39. The Balaban J connectivity index is 1.12. The van der Waals surface area contributed by atoms with Gasteiger partial charge in [-0.25, -0.2) is 4.98 Å². The Bertz CT molecular complexity index is 1250. The summed E-state index contributed by atoms with van der Waals surface area (Å²) >= 11 is 0. The molecule has 3 atom stereocenters. The second kappa shape index (κ2) is 10.6. The number of nitrogens with one attached hydrogen (secondary N) is 2. The standard InChI is InChI=1S/C31H39N5O3/c1-18-12-26(30(32)38)27(33-16-19-4-2-3-5-19)15-25(18)31(39)35-22-13-23-9-10-24(14-22)36(23)28-11-8-21(17-34-28)29(37)20-6-7-20/h8,11-12,15,17,19-20,22-24,33H,2-7,9-10,13-14,16H2,1H3,(H2,32,38)(H,35,39)/t22?,23-,24+. The van der Waals surface area contributed by atoms with Gasteiger partial charge in [0.2, 0.25) is 0 Å². The molecule has 206 valence electrons. The van der Waals surface area contributed by atoms with Crippen molar-refractivity contribution in [3.8, 4) is 0 Å². The summed E-state index contributed by atoms with van der Waals surface area (Å²) in [4.78, 5) is 45.0. The maximum absolute atomic E-state index is 13.5. The molecule has 4 aliphatic rings. The van der Waals surface area contributed by atoms with Gasteiger partial charge in [0.1, 0.15) is 5.82 Å². The molecular formula is C31H39N5O3. The number of ketones is 1. The van der Waals surface area contributed by atoms with Gasteiger partial charge in [-0.3, -0.25) is 14.4 Å². The molecule has 1 aromatic carbocycles. The van der Waals surface area contributed by atoms with Gasteiger partial charge in [0.15, 0.2) is 5.78 Å². The first kappa shape index (κ1) is 25.8. The van der Waals surface area contributed by atoms with Gasteiger partial charge in [0.25, 0.3) is 11.8 Å². The molecule has 2 amide bonds. The molecule has 2 aromatic rings. The van der Waals surface area contributed by atoms with Gasteiger partial charge in [-0.15, -0.1) is 0 Å². The lowest BCUT2D eigenvalue weighted by Crippen LogP contribution is -2.50. The van der Waals surface area contributed by atoms with Crippen LogP contribution in [0.5, 0.6) is 0 Å². The topological polar surface area (TPSA) is 117 Å². The van der Waals surface area contributed by atoms with Crippen LogP contribution in [-0.2, 0) is 0 Å². The summed E-state index contributed by atoms with van der Waals surface area (Å²) < 4.78 is 0. The number of anilines is 2. The van der Waals surface area contributed by atoms with Crippen molar-refractivity contribution in [2.24, 2.45) is 17.6 Å². The number of carbonyl (C=O) groups excluding carboxylic acids is 3. The van der Waals surface area contributed by atoms with Crippen molar-refractivity contribution in [1.82, 2.24) is 10.3 Å². The number of rotatable bonds is 9. The average molecular weight is 530 g/mol. The zero-order chi connectivity index (χ0) is 27.1. The van der Waals surface area contributed by atoms with Crippen molar-refractivity contribution in [3.05, 3.63) is 52.7 Å². The molecule has 2 bridgehead atoms. The first-order chi connectivity index (χ1) is 18.9. The normalized spacial score (nSPS) is 24.5. The molecule has 39 heavy (non-hydrogen) atoms. The third-order valence-electron chi connectivity index (χ3n) is 9.24. The molecule has 6 rings (SSSR count). The van der Waals surface area contributed by atoms with E-state index < -0.39 is 5.91 Å². The van der Waals surface area contributed by atoms with Crippen molar-refractivity contribution in [2.75, 3.05) is 16.8 Å². The number of pyridine rings is 1. The third-order valence-corrected chi connectivity index (χ3v) is 9.24. The summed E-state index contributed by atoms with van der Waals surface area (Å²) in [5, 5.41) is 6.71. The lowest BCUT2D eigenvalue weighted by Gasteiger charge is -2.40. The Morgan fingerprint density at radius 2 is 1.69 bits per heavy atom. The average Bonchev–Trinajstić information content (AvgIpc) is 3.58. The van der Waals surface area contributed by atoms with Crippen molar-refractivity contribution in [3.63, 3.8) is 0 Å². The number of aryl methyl sites for hydroxylation is 1. The van der Waals surface area contributed by atoms with E-state index in [2.05, 4.69) is 20.5 Å². The minimum absolute atomic E-state index is 0.0760. The third kappa shape index (κ3) is 5.38. The van der Waals surface area contributed by atoms with Crippen LogP contribution in [0, 0.1) is 18.8 Å². The van der Waals surface area contributed by atoms with Crippen LogP contribution in [-0.4, -0.2) is 47.3 Å². The van der Waals surface area contributed by atoms with Gasteiger partial charge in [-0.05, 0) is 94.0 Å². The Labute approximate surface area is 230 Å². The Hall–Kier alpha value is -3.42. The number of Topliss-reactive ketones (excluding diaryl/α,β-unsaturated/α-hetero) is 1. The molecular weight excluding hydrogens is 490 g/mol. The molecule has 2 saturated heterocycles. The Kier molecular flexibility index (Phi) is 7.04. The molecule has 0 spiro atoms. The number of nitrogens with zero attached hydrogens (tertiary/aromatic N) is 2. The van der Waals surface area contributed by atoms with E-state index in [9.17, 15) is 14.4 Å². The van der Waals surface area contributed by atoms with Crippen molar-refractivity contribution >= 4 is 29.1 Å². The molecule has 8 nitrogen and oxygen atoms in total. The largest absolute Gasteiger partial charge is 0.384 e. The SMILES string of the molecule is Cc1cc(C(N)=O)c(NCC2CCCC2)cc1C(=O)NC1C[C@H]2CC[C@@H](C1)N2c1ccc(C(=O)C2CC2)cn1. The number of hydrogen-bond donors (Lipinski definition) is 3. The van der Waals surface area contributed by atoms with Gasteiger partial charge in [-0.2, -0.15) is 0 Å². The number of carbonyl (C=O) groups is 3. The van der Waals surface area contributed by atoms with Gasteiger partial charge in [-0.1, -0.05) is 12.8 Å². The molecule has 2 aliphatic heterocycles. The number of piperidine rings is 1. The lowest BCUT2D eigenvalue weighted by atomic mass is 9.95. The van der Waals surface area contributed by atoms with Gasteiger partial charge < -0.3 is 21.3 Å². The monoisotopic (exact) mass is 529 g/mol. The minimum atomic E-state index is -0.485. The summed E-state index contributed by atoms with van der Waals surface area (Å²) in [5.41, 5.74) is 8.80. The molecule has 4 fully saturated rings. The molecule has 0 radical (unpaired) electrons. The summed E-state index contributed by atoms with van der Waals surface area (Å²) in [5.74, 6) is 1.34. The van der Waals surface area contributed by atoms with E-state index in [1.165, 1.54) is 25.7 Å². The number of aromatic nitrogens is 1. The van der Waals surface area contributed by atoms with E-state index in [1.54, 1.807) is 18.3 Å². The number of nitrogens with two attached hydrogens (primary N) is 1. The van der Waals surface area contributed by atoms with E-state index in [-0.39, 0.29) is 23.7 Å². The van der Waals surface area contributed by atoms with Crippen LogP contribution in [0.3, 0.4) is 0 Å². The van der Waals surface area contributed by atoms with Crippen LogP contribution >= 0.6 is 0 Å². The zero-order valence-corrected chi connectivity index (χ0v) is 22.7. The van der Waals surface area contributed by atoms with Crippen LogP contribution in [0.25, 0.3) is 0 Å². The minimum Gasteiger partial charge on any atom is -0.384 e. The maximum atomic E-state index is 13.5. The predicted octanol–water partition coefficient (Wildman–Crippen LogP) is 4.61. The Morgan fingerprint density at radius 3 is 2.31 bits per heavy atom. The molecule has 3 heterocycles. The highest BCUT2D eigenvalue weighted by Gasteiger charge is 2.42. The zero-order valence-electron chi connectivity index (χ0n) is 22.7. The molecule has 2 aliphatic carbocycles. The summed E-state index contributed by atoms with van der Waals surface area (Å²) in [6.45, 7) is 2.65. The fraction of sp³-hybridized carbons (Fsp3) is 0.548. The number of primary amides is 1. The van der Waals surface area contributed by atoms with Crippen LogP contribution in [0.2, 0.25) is 0 Å². The van der Waals surface area contributed by atoms with E-state index in [1.807, 2.05) is 19.1 Å². The molecule has 8 heteroatoms. The first-order valence-corrected chi connectivity index (χ1v) is 14.6. The predicted molar refractivity (Wildman–Crippen MR) is 151 cm³/mol. The molecule has 2 saturated carbocycles. The highest BCUT2D eigenvalue weighted by atomic mass is 16.2. The molecule has 1 aromatic heterocycles. The van der Waals surface area contributed by atoms with Crippen molar-refractivity contribution < 1.29 is 14.4 Å². The fourth-order valence-electron chi connectivity index (χ4n) is 6.97. The van der Waals surface area contributed by atoms with Crippen LogP contribution in [0.1, 0.15) is 101 Å². The van der Waals surface area contributed by atoms with E-state index in [0.717, 1.165) is 56.5 Å². The van der Waals surface area contributed by atoms with E-state index >= 15 is 0 Å². The Morgan fingerprint density at radius 1 is 0.974 bits per heavy atom. The second-order valence-corrected chi connectivity index (χ2v) is 12.1. The highest BCUT2D eigenvalue weighted by molar-refractivity contribution is 6.03. The van der Waals surface area contributed by atoms with Crippen LogP contribution < -0.4 is 21.3 Å². The number of fused-ring (bicyclic) bond motifs is 2. The molecule has 4 N–H and O–H groups in total. The van der Waals surface area contributed by atoms with Crippen LogP contribution in [0.4, 0.5) is 11.5 Å². The summed E-state index contributed by atoms with van der Waals surface area (Å²) in [6.07, 6.45) is 12.5. The van der Waals surface area contributed by atoms with Gasteiger partial charge in [0, 0.05) is 53.6 Å².